The van der Waals surface area contributed by atoms with Gasteiger partial charge in [0.05, 0.1) is 17.7 Å². The zero-order valence-corrected chi connectivity index (χ0v) is 17.4. The molecule has 3 rings (SSSR count). The van der Waals surface area contributed by atoms with Crippen molar-refractivity contribution < 1.29 is 9.53 Å². The summed E-state index contributed by atoms with van der Waals surface area (Å²) in [5, 5.41) is 3.10. The van der Waals surface area contributed by atoms with Gasteiger partial charge in [0, 0.05) is 18.8 Å². The van der Waals surface area contributed by atoms with Gasteiger partial charge >= 0.3 is 0 Å². The Bertz CT molecular complexity index is 785. The Morgan fingerprint density at radius 2 is 1.82 bits per heavy atom. The van der Waals surface area contributed by atoms with E-state index in [1.165, 1.54) is 18.5 Å². The van der Waals surface area contributed by atoms with Gasteiger partial charge in [-0.3, -0.25) is 4.79 Å². The number of ether oxygens (including phenoxy) is 1. The first-order chi connectivity index (χ1) is 13.4. The van der Waals surface area contributed by atoms with Gasteiger partial charge in [-0.15, -0.1) is 0 Å². The Labute approximate surface area is 168 Å². The number of nitrogens with zero attached hydrogens (tertiary/aromatic N) is 1. The number of rotatable bonds is 6. The normalized spacial score (nSPS) is 18.0. The summed E-state index contributed by atoms with van der Waals surface area (Å²) in [6.45, 7) is 10.5. The number of nitrogens with one attached hydrogen (secondary N) is 1. The van der Waals surface area contributed by atoms with Gasteiger partial charge in [-0.25, -0.2) is 0 Å². The van der Waals surface area contributed by atoms with Crippen molar-refractivity contribution in [2.24, 2.45) is 5.92 Å². The van der Waals surface area contributed by atoms with Crippen LogP contribution in [0, 0.1) is 5.92 Å². The molecule has 2 aromatic carbocycles. The lowest BCUT2D eigenvalue weighted by molar-refractivity contribution is 0.0934. The molecule has 4 nitrogen and oxygen atoms in total. The van der Waals surface area contributed by atoms with Gasteiger partial charge in [0.2, 0.25) is 0 Å². The molecule has 28 heavy (non-hydrogen) atoms. The predicted octanol–water partition coefficient (Wildman–Crippen LogP) is 5.20. The molecule has 2 atom stereocenters. The van der Waals surface area contributed by atoms with Crippen LogP contribution in [0.5, 0.6) is 5.75 Å². The largest absolute Gasteiger partial charge is 0.490 e. The summed E-state index contributed by atoms with van der Waals surface area (Å²) in [5.41, 5.74) is 2.94. The molecule has 0 radical (unpaired) electrons. The molecule has 1 fully saturated rings. The van der Waals surface area contributed by atoms with Crippen molar-refractivity contribution in [1.82, 2.24) is 5.32 Å². The predicted molar refractivity (Wildman–Crippen MR) is 115 cm³/mol. The van der Waals surface area contributed by atoms with Gasteiger partial charge in [-0.2, -0.15) is 0 Å². The fourth-order valence-electron chi connectivity index (χ4n) is 3.77. The highest BCUT2D eigenvalue weighted by atomic mass is 16.5. The summed E-state index contributed by atoms with van der Waals surface area (Å²) < 4.78 is 5.78. The maximum Gasteiger partial charge on any atom is 0.255 e. The van der Waals surface area contributed by atoms with Crippen LogP contribution in [0.1, 0.15) is 62.5 Å². The van der Waals surface area contributed by atoms with Gasteiger partial charge in [-0.05, 0) is 69.4 Å². The van der Waals surface area contributed by atoms with Crippen molar-refractivity contribution in [3.63, 3.8) is 0 Å². The minimum atomic E-state index is -0.113. The molecule has 0 saturated carbocycles. The van der Waals surface area contributed by atoms with Crippen molar-refractivity contribution in [3.05, 3.63) is 59.7 Å². The van der Waals surface area contributed by atoms with E-state index in [2.05, 4.69) is 41.4 Å². The highest BCUT2D eigenvalue weighted by Crippen LogP contribution is 2.25. The quantitative estimate of drug-likeness (QED) is 0.749. The average molecular weight is 381 g/mol. The smallest absolute Gasteiger partial charge is 0.255 e. The lowest BCUT2D eigenvalue weighted by Crippen LogP contribution is -2.34. The third kappa shape index (κ3) is 5.06. The molecule has 0 bridgehead atoms. The maximum absolute atomic E-state index is 12.8. The highest BCUT2D eigenvalue weighted by Gasteiger charge is 2.18. The van der Waals surface area contributed by atoms with Crippen LogP contribution in [0.3, 0.4) is 0 Å². The number of carbonyl (C=O) groups is 1. The maximum atomic E-state index is 12.8. The van der Waals surface area contributed by atoms with E-state index in [1.54, 1.807) is 6.07 Å². The number of anilines is 1. The first kappa shape index (κ1) is 20.2. The van der Waals surface area contributed by atoms with E-state index in [0.29, 0.717) is 11.3 Å². The van der Waals surface area contributed by atoms with E-state index in [1.807, 2.05) is 39.0 Å². The molecular formula is C24H32N2O2. The summed E-state index contributed by atoms with van der Waals surface area (Å²) in [4.78, 5) is 15.2. The standard InChI is InChI=1S/C24H32N2O2/c1-17(2)28-23-10-6-5-9-22(23)24(27)25-19(4)20-11-13-21(14-12-20)26-15-7-8-18(3)16-26/h5-6,9-14,17-19H,7-8,15-16H2,1-4H3,(H,25,27)/t18-,19-/m0/s1. The Morgan fingerprint density at radius 1 is 1.11 bits per heavy atom. The monoisotopic (exact) mass is 380 g/mol. The Hall–Kier alpha value is -2.49. The van der Waals surface area contributed by atoms with Crippen LogP contribution in [0.15, 0.2) is 48.5 Å². The fourth-order valence-corrected chi connectivity index (χ4v) is 3.77. The van der Waals surface area contributed by atoms with Crippen LogP contribution < -0.4 is 15.0 Å². The fraction of sp³-hybridized carbons (Fsp3) is 0.458. The molecular weight excluding hydrogens is 348 g/mol. The second-order valence-electron chi connectivity index (χ2n) is 8.14. The lowest BCUT2D eigenvalue weighted by atomic mass is 9.99. The number of para-hydroxylation sites is 1. The molecule has 1 N–H and O–H groups in total. The molecule has 1 heterocycles. The Kier molecular flexibility index (Phi) is 6.61. The summed E-state index contributed by atoms with van der Waals surface area (Å²) in [5.74, 6) is 1.26. The Balaban J connectivity index is 1.66. The first-order valence-corrected chi connectivity index (χ1v) is 10.4. The van der Waals surface area contributed by atoms with Gasteiger partial charge in [0.1, 0.15) is 5.75 Å². The van der Waals surface area contributed by atoms with Crippen molar-refractivity contribution in [1.29, 1.82) is 0 Å². The summed E-state index contributed by atoms with van der Waals surface area (Å²) in [6, 6.07) is 15.9. The number of amides is 1. The summed E-state index contributed by atoms with van der Waals surface area (Å²) in [7, 11) is 0. The molecule has 0 spiro atoms. The Morgan fingerprint density at radius 3 is 2.50 bits per heavy atom. The van der Waals surface area contributed by atoms with Gasteiger partial charge in [-0.1, -0.05) is 31.2 Å². The highest BCUT2D eigenvalue weighted by molar-refractivity contribution is 5.97. The van der Waals surface area contributed by atoms with Crippen LogP contribution in [0.25, 0.3) is 0 Å². The zero-order chi connectivity index (χ0) is 20.1. The minimum Gasteiger partial charge on any atom is -0.490 e. The summed E-state index contributed by atoms with van der Waals surface area (Å²) >= 11 is 0. The topological polar surface area (TPSA) is 41.6 Å². The zero-order valence-electron chi connectivity index (χ0n) is 17.4. The van der Waals surface area contributed by atoms with Crippen molar-refractivity contribution in [3.8, 4) is 5.75 Å². The molecule has 0 unspecified atom stereocenters. The molecule has 1 aliphatic rings. The van der Waals surface area contributed by atoms with Crippen LogP contribution in [0.2, 0.25) is 0 Å². The van der Waals surface area contributed by atoms with Crippen molar-refractivity contribution in [2.75, 3.05) is 18.0 Å². The van der Waals surface area contributed by atoms with E-state index in [0.717, 1.165) is 24.6 Å². The van der Waals surface area contributed by atoms with Crippen LogP contribution in [-0.2, 0) is 0 Å². The van der Waals surface area contributed by atoms with E-state index in [-0.39, 0.29) is 18.1 Å². The number of carbonyl (C=O) groups excluding carboxylic acids is 1. The number of piperidine rings is 1. The third-order valence-corrected chi connectivity index (χ3v) is 5.26. The number of hydrogen-bond acceptors (Lipinski definition) is 3. The first-order valence-electron chi connectivity index (χ1n) is 10.4. The molecule has 0 aliphatic carbocycles. The average Bonchev–Trinajstić information content (AvgIpc) is 2.68. The van der Waals surface area contributed by atoms with Crippen molar-refractivity contribution in [2.45, 2.75) is 52.7 Å². The molecule has 2 aromatic rings. The third-order valence-electron chi connectivity index (χ3n) is 5.26. The number of benzene rings is 2. The molecule has 4 heteroatoms. The second-order valence-corrected chi connectivity index (χ2v) is 8.14. The van der Waals surface area contributed by atoms with Crippen LogP contribution in [0.4, 0.5) is 5.69 Å². The molecule has 1 amide bonds. The van der Waals surface area contributed by atoms with Crippen LogP contribution in [-0.4, -0.2) is 25.1 Å². The van der Waals surface area contributed by atoms with Gasteiger partial charge in [0.15, 0.2) is 0 Å². The number of hydrogen-bond donors (Lipinski definition) is 1. The SMILES string of the molecule is CC(C)Oc1ccccc1C(=O)N[C@@H](C)c1ccc(N2CCC[C@H](C)C2)cc1. The lowest BCUT2D eigenvalue weighted by Gasteiger charge is -2.33. The van der Waals surface area contributed by atoms with E-state index in [9.17, 15) is 4.79 Å². The van der Waals surface area contributed by atoms with E-state index >= 15 is 0 Å². The summed E-state index contributed by atoms with van der Waals surface area (Å²) in [6.07, 6.45) is 2.60. The molecule has 150 valence electrons. The van der Waals surface area contributed by atoms with E-state index < -0.39 is 0 Å². The minimum absolute atomic E-state index is 0.0245. The second kappa shape index (κ2) is 9.13. The van der Waals surface area contributed by atoms with Crippen molar-refractivity contribution >= 4 is 11.6 Å². The van der Waals surface area contributed by atoms with Gasteiger partial charge in [0.25, 0.3) is 5.91 Å². The van der Waals surface area contributed by atoms with E-state index in [4.69, 9.17) is 4.74 Å². The molecule has 1 aliphatic heterocycles. The molecule has 1 saturated heterocycles. The van der Waals surface area contributed by atoms with Crippen LogP contribution >= 0.6 is 0 Å². The molecule has 0 aromatic heterocycles. The van der Waals surface area contributed by atoms with Gasteiger partial charge < -0.3 is 15.0 Å².